The van der Waals surface area contributed by atoms with Gasteiger partial charge in [-0.25, -0.2) is 9.97 Å². The van der Waals surface area contributed by atoms with Crippen LogP contribution in [0, 0.1) is 0 Å². The van der Waals surface area contributed by atoms with Crippen LogP contribution in [0.25, 0.3) is 11.4 Å². The van der Waals surface area contributed by atoms with Crippen LogP contribution in [-0.4, -0.2) is 59.5 Å². The second kappa shape index (κ2) is 7.19. The first-order valence-corrected chi connectivity index (χ1v) is 8.93. The molecule has 1 aliphatic heterocycles. The van der Waals surface area contributed by atoms with Crippen LogP contribution >= 0.6 is 0 Å². The average molecular weight is 337 g/mol. The lowest BCUT2D eigenvalue weighted by atomic mass is 10.2. The van der Waals surface area contributed by atoms with Crippen molar-refractivity contribution in [2.45, 2.75) is 18.9 Å². The lowest BCUT2D eigenvalue weighted by Gasteiger charge is -2.35. The summed E-state index contributed by atoms with van der Waals surface area (Å²) < 4.78 is 0. The minimum absolute atomic E-state index is 0.157. The smallest absolute Gasteiger partial charge is 0.234 e. The van der Waals surface area contributed by atoms with Crippen molar-refractivity contribution in [3.8, 4) is 11.4 Å². The molecule has 1 aliphatic carbocycles. The highest BCUT2D eigenvalue weighted by atomic mass is 16.2. The van der Waals surface area contributed by atoms with Gasteiger partial charge in [0.2, 0.25) is 5.91 Å². The maximum Gasteiger partial charge on any atom is 0.234 e. The maximum atomic E-state index is 11.9. The lowest BCUT2D eigenvalue weighted by Crippen LogP contribution is -2.50. The summed E-state index contributed by atoms with van der Waals surface area (Å²) in [6.45, 7) is 4.01. The van der Waals surface area contributed by atoms with E-state index in [9.17, 15) is 4.79 Å². The third-order valence-electron chi connectivity index (χ3n) is 4.68. The summed E-state index contributed by atoms with van der Waals surface area (Å²) in [6.07, 6.45) is 4.09. The summed E-state index contributed by atoms with van der Waals surface area (Å²) in [7, 11) is 0. The van der Waals surface area contributed by atoms with Gasteiger partial charge in [0, 0.05) is 44.0 Å². The number of carbonyl (C=O) groups excluding carboxylic acids is 1. The van der Waals surface area contributed by atoms with Crippen LogP contribution in [0.15, 0.2) is 42.6 Å². The van der Waals surface area contributed by atoms with Crippen molar-refractivity contribution in [1.29, 1.82) is 0 Å². The molecule has 4 rings (SSSR count). The minimum atomic E-state index is 0.157. The largest absolute Gasteiger partial charge is 0.354 e. The first-order chi connectivity index (χ1) is 12.3. The molecule has 6 heteroatoms. The topological polar surface area (TPSA) is 61.4 Å². The molecular formula is C19H23N5O. The number of hydrogen-bond acceptors (Lipinski definition) is 5. The summed E-state index contributed by atoms with van der Waals surface area (Å²) in [5.74, 6) is 1.87. The Morgan fingerprint density at radius 3 is 2.56 bits per heavy atom. The average Bonchev–Trinajstić information content (AvgIpc) is 3.47. The molecule has 1 saturated carbocycles. The molecule has 1 aromatic heterocycles. The number of anilines is 1. The molecule has 25 heavy (non-hydrogen) atoms. The zero-order valence-electron chi connectivity index (χ0n) is 14.3. The van der Waals surface area contributed by atoms with Gasteiger partial charge in [-0.15, -0.1) is 0 Å². The summed E-state index contributed by atoms with van der Waals surface area (Å²) in [6, 6.07) is 12.4. The Labute approximate surface area is 147 Å². The molecule has 6 nitrogen and oxygen atoms in total. The predicted octanol–water partition coefficient (Wildman–Crippen LogP) is 1.54. The summed E-state index contributed by atoms with van der Waals surface area (Å²) in [4.78, 5) is 25.5. The molecule has 2 aromatic rings. The summed E-state index contributed by atoms with van der Waals surface area (Å²) in [5.41, 5.74) is 1.03. The Balaban J connectivity index is 1.35. The molecule has 1 aromatic carbocycles. The summed E-state index contributed by atoms with van der Waals surface area (Å²) in [5, 5.41) is 3.05. The van der Waals surface area contributed by atoms with E-state index in [1.807, 2.05) is 42.6 Å². The van der Waals surface area contributed by atoms with Crippen LogP contribution in [0.1, 0.15) is 12.8 Å². The second-order valence-electron chi connectivity index (χ2n) is 6.71. The number of amides is 1. The van der Waals surface area contributed by atoms with E-state index in [1.165, 1.54) is 0 Å². The molecule has 0 atom stereocenters. The Kier molecular flexibility index (Phi) is 4.61. The molecule has 1 saturated heterocycles. The molecule has 0 radical (unpaired) electrons. The van der Waals surface area contributed by atoms with Gasteiger partial charge in [0.1, 0.15) is 5.82 Å². The molecule has 2 heterocycles. The van der Waals surface area contributed by atoms with Crippen molar-refractivity contribution in [1.82, 2.24) is 20.2 Å². The van der Waals surface area contributed by atoms with Crippen LogP contribution in [0.4, 0.5) is 5.82 Å². The Morgan fingerprint density at radius 2 is 1.84 bits per heavy atom. The van der Waals surface area contributed by atoms with Crippen LogP contribution in [-0.2, 0) is 4.79 Å². The highest BCUT2D eigenvalue weighted by Crippen LogP contribution is 2.20. The Bertz CT molecular complexity index is 724. The van der Waals surface area contributed by atoms with Crippen molar-refractivity contribution in [2.75, 3.05) is 37.6 Å². The first-order valence-electron chi connectivity index (χ1n) is 8.93. The second-order valence-corrected chi connectivity index (χ2v) is 6.71. The maximum absolute atomic E-state index is 11.9. The third-order valence-corrected chi connectivity index (χ3v) is 4.68. The third kappa shape index (κ3) is 4.14. The van der Waals surface area contributed by atoms with Crippen LogP contribution < -0.4 is 10.2 Å². The van der Waals surface area contributed by atoms with Gasteiger partial charge in [0.15, 0.2) is 5.82 Å². The van der Waals surface area contributed by atoms with E-state index < -0.39 is 0 Å². The fraction of sp³-hybridized carbons (Fsp3) is 0.421. The van der Waals surface area contributed by atoms with Gasteiger partial charge in [0.05, 0.1) is 6.54 Å². The molecule has 1 amide bonds. The number of nitrogens with zero attached hydrogens (tertiary/aromatic N) is 4. The van der Waals surface area contributed by atoms with Gasteiger partial charge in [-0.2, -0.15) is 0 Å². The molecule has 2 aliphatic rings. The number of aromatic nitrogens is 2. The Hall–Kier alpha value is -2.47. The summed E-state index contributed by atoms with van der Waals surface area (Å²) >= 11 is 0. The monoisotopic (exact) mass is 337 g/mol. The van der Waals surface area contributed by atoms with Crippen molar-refractivity contribution in [3.05, 3.63) is 42.6 Å². The molecule has 1 N–H and O–H groups in total. The number of hydrogen-bond donors (Lipinski definition) is 1. The van der Waals surface area contributed by atoms with Crippen LogP contribution in [0.2, 0.25) is 0 Å². The first kappa shape index (κ1) is 16.0. The van der Waals surface area contributed by atoms with E-state index >= 15 is 0 Å². The van der Waals surface area contributed by atoms with E-state index in [0.29, 0.717) is 12.6 Å². The normalized spacial score (nSPS) is 18.2. The SMILES string of the molecule is O=C(CN1CCN(c2ccnc(-c3ccccc3)n2)CC1)NC1CC1. The number of rotatable bonds is 5. The van der Waals surface area contributed by atoms with Crippen LogP contribution in [0.5, 0.6) is 0 Å². The molecule has 0 unspecified atom stereocenters. The van der Waals surface area contributed by atoms with E-state index in [0.717, 1.165) is 56.2 Å². The molecule has 2 fully saturated rings. The van der Waals surface area contributed by atoms with Gasteiger partial charge >= 0.3 is 0 Å². The number of carbonyl (C=O) groups is 1. The van der Waals surface area contributed by atoms with E-state index in [4.69, 9.17) is 4.98 Å². The van der Waals surface area contributed by atoms with Crippen molar-refractivity contribution >= 4 is 11.7 Å². The van der Waals surface area contributed by atoms with Gasteiger partial charge in [-0.3, -0.25) is 9.69 Å². The highest BCUT2D eigenvalue weighted by molar-refractivity contribution is 5.78. The Morgan fingerprint density at radius 1 is 1.08 bits per heavy atom. The minimum Gasteiger partial charge on any atom is -0.354 e. The van der Waals surface area contributed by atoms with Gasteiger partial charge in [0.25, 0.3) is 0 Å². The van der Waals surface area contributed by atoms with Gasteiger partial charge in [-0.05, 0) is 18.9 Å². The quantitative estimate of drug-likeness (QED) is 0.897. The van der Waals surface area contributed by atoms with Gasteiger partial charge in [-0.1, -0.05) is 30.3 Å². The zero-order chi connectivity index (χ0) is 17.1. The lowest BCUT2D eigenvalue weighted by molar-refractivity contribution is -0.122. The van der Waals surface area contributed by atoms with E-state index in [2.05, 4.69) is 20.1 Å². The van der Waals surface area contributed by atoms with E-state index in [1.54, 1.807) is 0 Å². The molecule has 0 bridgehead atoms. The standard InChI is InChI=1S/C19H23N5O/c25-18(21-16-6-7-16)14-23-10-12-24(13-11-23)17-8-9-20-19(22-17)15-4-2-1-3-5-15/h1-5,8-9,16H,6-7,10-14H2,(H,21,25). The predicted molar refractivity (Wildman–Crippen MR) is 97.3 cm³/mol. The number of benzene rings is 1. The fourth-order valence-corrected chi connectivity index (χ4v) is 3.09. The van der Waals surface area contributed by atoms with E-state index in [-0.39, 0.29) is 5.91 Å². The van der Waals surface area contributed by atoms with Crippen molar-refractivity contribution in [3.63, 3.8) is 0 Å². The molecule has 130 valence electrons. The van der Waals surface area contributed by atoms with Crippen molar-refractivity contribution in [2.24, 2.45) is 0 Å². The van der Waals surface area contributed by atoms with Crippen molar-refractivity contribution < 1.29 is 4.79 Å². The van der Waals surface area contributed by atoms with Gasteiger partial charge < -0.3 is 10.2 Å². The number of nitrogens with one attached hydrogen (secondary N) is 1. The highest BCUT2D eigenvalue weighted by Gasteiger charge is 2.25. The zero-order valence-corrected chi connectivity index (χ0v) is 14.3. The molecule has 0 spiro atoms. The fourth-order valence-electron chi connectivity index (χ4n) is 3.09. The molecular weight excluding hydrogens is 314 g/mol. The number of piperazine rings is 1. The van der Waals surface area contributed by atoms with Crippen LogP contribution in [0.3, 0.4) is 0 Å².